The minimum Gasteiger partial charge on any atom is -0.333 e. The van der Waals surface area contributed by atoms with Crippen molar-refractivity contribution in [3.8, 4) is 0 Å². The van der Waals surface area contributed by atoms with E-state index in [1.54, 1.807) is 27.7 Å². The van der Waals surface area contributed by atoms with Crippen molar-refractivity contribution in [2.24, 2.45) is 0 Å². The molecule has 20 heteroatoms. The Balaban J connectivity index is 0.000000393. The molecule has 0 saturated heterocycles. The summed E-state index contributed by atoms with van der Waals surface area (Å²) in [5.74, 6) is -1.64. The fraction of sp³-hybridized carbons (Fsp3) is 0.625. The van der Waals surface area contributed by atoms with Gasteiger partial charge in [-0.1, -0.05) is 70.9 Å². The van der Waals surface area contributed by atoms with E-state index in [-0.39, 0.29) is 35.2 Å². The minimum atomic E-state index is -4.85. The summed E-state index contributed by atoms with van der Waals surface area (Å²) in [6, 6.07) is 1.74. The van der Waals surface area contributed by atoms with Crippen LogP contribution in [-0.4, -0.2) is 66.5 Å². The number of nitro benzene ring substituents is 2. The molecule has 0 spiro atoms. The van der Waals surface area contributed by atoms with Gasteiger partial charge in [0.2, 0.25) is 0 Å². The summed E-state index contributed by atoms with van der Waals surface area (Å²) in [5, 5.41) is 22.2. The summed E-state index contributed by atoms with van der Waals surface area (Å²) in [4.78, 5) is 66.7. The van der Waals surface area contributed by atoms with Gasteiger partial charge in [-0.3, -0.25) is 29.8 Å². The molecule has 0 bridgehead atoms. The molecule has 4 rings (SSSR count). The number of hydrogen-bond acceptors (Lipinski definition) is 9. The average molecular weight is 897 g/mol. The lowest BCUT2D eigenvalue weighted by Crippen LogP contribution is -2.46. The van der Waals surface area contributed by atoms with Crippen LogP contribution < -0.4 is 0 Å². The van der Waals surface area contributed by atoms with Crippen LogP contribution in [0.25, 0.3) is 0 Å². The summed E-state index contributed by atoms with van der Waals surface area (Å²) in [6.07, 6.45) is -0.238. The van der Waals surface area contributed by atoms with Crippen molar-refractivity contribution in [2.75, 3.05) is 0 Å². The molecule has 2 aliphatic carbocycles. The number of thioether (sulfide) groups is 1. The Hall–Kier alpha value is -4.22. The highest BCUT2D eigenvalue weighted by Crippen LogP contribution is 2.45. The molecule has 2 fully saturated rings. The molecule has 0 aliphatic heterocycles. The second-order valence-electron chi connectivity index (χ2n) is 15.7. The van der Waals surface area contributed by atoms with E-state index in [9.17, 15) is 56.2 Å². The zero-order valence-electron chi connectivity index (χ0n) is 34.5. The molecule has 0 unspecified atom stereocenters. The Morgan fingerprint density at radius 2 is 1.08 bits per heavy atom. The fourth-order valence-corrected chi connectivity index (χ4v) is 8.72. The summed E-state index contributed by atoms with van der Waals surface area (Å²) >= 11 is 6.66. The summed E-state index contributed by atoms with van der Waals surface area (Å²) in [6.45, 7) is 12.5. The van der Waals surface area contributed by atoms with Crippen molar-refractivity contribution >= 4 is 52.7 Å². The fourth-order valence-electron chi connectivity index (χ4n) is 7.33. The molecule has 0 N–H and O–H groups in total. The van der Waals surface area contributed by atoms with E-state index in [0.29, 0.717) is 31.4 Å². The summed E-state index contributed by atoms with van der Waals surface area (Å²) < 4.78 is 81.8. The van der Waals surface area contributed by atoms with Gasteiger partial charge in [-0.05, 0) is 71.9 Å². The molecule has 0 aromatic heterocycles. The number of hydrogen-bond donors (Lipinski definition) is 0. The van der Waals surface area contributed by atoms with Gasteiger partial charge in [0.15, 0.2) is 0 Å². The van der Waals surface area contributed by atoms with Crippen molar-refractivity contribution < 1.29 is 55.4 Å². The van der Waals surface area contributed by atoms with Gasteiger partial charge in [0, 0.05) is 41.0 Å². The van der Waals surface area contributed by atoms with Gasteiger partial charge < -0.3 is 9.80 Å². The Bertz CT molecular complexity index is 1870. The molecule has 334 valence electrons. The second kappa shape index (κ2) is 22.0. The molecule has 0 atom stereocenters. The lowest BCUT2D eigenvalue weighted by Gasteiger charge is -2.38. The molecule has 2 aromatic carbocycles. The molecule has 2 aliphatic rings. The van der Waals surface area contributed by atoms with Crippen LogP contribution in [0.3, 0.4) is 0 Å². The molecular formula is C40H51ClF6N4O8S. The third-order valence-electron chi connectivity index (χ3n) is 10.4. The largest absolute Gasteiger partial charge is 0.417 e. The zero-order valence-corrected chi connectivity index (χ0v) is 36.1. The highest BCUT2D eigenvalue weighted by atomic mass is 35.5. The first-order chi connectivity index (χ1) is 27.7. The van der Waals surface area contributed by atoms with E-state index >= 15 is 0 Å². The normalized spacial score (nSPS) is 15.3. The first kappa shape index (κ1) is 51.9. The van der Waals surface area contributed by atoms with Crippen molar-refractivity contribution in [1.82, 2.24) is 9.80 Å². The SMILES string of the molecule is CC(C)N(C(=O)c1cc([N+](=O)[O-])c(Cl)cc1C(F)(F)F)C1CCCCC1.CCC(C)(C)Sc1cc(C(F)(F)F)c(C(=O)N(C(C)C)C2CCCCC2)cc1[N+](=O)[O-].O=C=O. The molecule has 2 aromatic rings. The first-order valence-electron chi connectivity index (χ1n) is 19.5. The van der Waals surface area contributed by atoms with Crippen LogP contribution >= 0.6 is 23.4 Å². The minimum absolute atomic E-state index is 0.0745. The van der Waals surface area contributed by atoms with Gasteiger partial charge in [0.25, 0.3) is 23.2 Å². The van der Waals surface area contributed by atoms with Crippen LogP contribution in [0.4, 0.5) is 37.7 Å². The Morgan fingerprint density at radius 1 is 0.733 bits per heavy atom. The number of carbonyl (C=O) groups excluding carboxylic acids is 4. The number of rotatable bonds is 11. The monoisotopic (exact) mass is 896 g/mol. The topological polar surface area (TPSA) is 161 Å². The molecule has 0 heterocycles. The number of carbonyl (C=O) groups is 2. The standard InChI is InChI=1S/C22H31F3N2O3S.C17H20ClF3N2O3.CO2/c1-6-21(4,5)31-19-13-17(22(23,24)25)16(12-18(19)27(29)30)20(28)26(14(2)3)15-10-8-7-9-11-15;1-10(2)22(11-6-4-3-5-7-11)16(24)12-8-15(23(25)26)14(18)9-13(12)17(19,20)21;2-1-3/h12-15H,6-11H2,1-5H3;8-11H,3-7H2,1-2H3;. The Kier molecular flexibility index (Phi) is 19.1. The molecular weight excluding hydrogens is 846 g/mol. The molecule has 12 nitrogen and oxygen atoms in total. The van der Waals surface area contributed by atoms with E-state index in [0.717, 1.165) is 75.3 Å². The maximum Gasteiger partial charge on any atom is 0.417 e. The lowest BCUT2D eigenvalue weighted by atomic mass is 9.92. The maximum absolute atomic E-state index is 14.0. The number of benzene rings is 2. The quantitative estimate of drug-likeness (QED) is 0.0925. The smallest absolute Gasteiger partial charge is 0.333 e. The van der Waals surface area contributed by atoms with Gasteiger partial charge in [-0.2, -0.15) is 35.9 Å². The highest BCUT2D eigenvalue weighted by Gasteiger charge is 2.42. The van der Waals surface area contributed by atoms with E-state index in [1.165, 1.54) is 9.80 Å². The summed E-state index contributed by atoms with van der Waals surface area (Å²) in [7, 11) is 0. The predicted octanol–water partition coefficient (Wildman–Crippen LogP) is 11.9. The van der Waals surface area contributed by atoms with Gasteiger partial charge in [-0.15, -0.1) is 11.8 Å². The van der Waals surface area contributed by atoms with Crippen LogP contribution in [0.2, 0.25) is 5.02 Å². The van der Waals surface area contributed by atoms with Gasteiger partial charge >= 0.3 is 18.5 Å². The van der Waals surface area contributed by atoms with E-state index in [2.05, 4.69) is 0 Å². The molecule has 60 heavy (non-hydrogen) atoms. The number of halogens is 7. The second-order valence-corrected chi connectivity index (χ2v) is 17.9. The van der Waals surface area contributed by atoms with Crippen LogP contribution in [0.5, 0.6) is 0 Å². The van der Waals surface area contributed by atoms with Gasteiger partial charge in [0.1, 0.15) is 5.02 Å². The van der Waals surface area contributed by atoms with Crippen LogP contribution in [0.15, 0.2) is 29.2 Å². The van der Waals surface area contributed by atoms with Crippen LogP contribution in [0, 0.1) is 20.2 Å². The third-order valence-corrected chi connectivity index (χ3v) is 12.1. The van der Waals surface area contributed by atoms with Crippen molar-refractivity contribution in [3.05, 3.63) is 71.8 Å². The first-order valence-corrected chi connectivity index (χ1v) is 20.7. The number of alkyl halides is 6. The van der Waals surface area contributed by atoms with E-state index < -0.39 is 77.4 Å². The summed E-state index contributed by atoms with van der Waals surface area (Å²) in [5.41, 5.74) is -4.91. The van der Waals surface area contributed by atoms with Crippen molar-refractivity contribution in [3.63, 3.8) is 0 Å². The van der Waals surface area contributed by atoms with Crippen LogP contribution in [0.1, 0.15) is 151 Å². The number of nitrogens with zero attached hydrogens (tertiary/aromatic N) is 4. The number of nitro groups is 2. The lowest BCUT2D eigenvalue weighted by molar-refractivity contribution is -0.387. The Morgan fingerprint density at radius 3 is 1.40 bits per heavy atom. The average Bonchev–Trinajstić information content (AvgIpc) is 3.14. The molecule has 2 amide bonds. The number of amides is 2. The van der Waals surface area contributed by atoms with E-state index in [1.807, 2.05) is 20.8 Å². The van der Waals surface area contributed by atoms with Gasteiger partial charge in [-0.25, -0.2) is 0 Å². The molecule has 0 radical (unpaired) electrons. The highest BCUT2D eigenvalue weighted by molar-refractivity contribution is 8.00. The third kappa shape index (κ3) is 13.9. The van der Waals surface area contributed by atoms with Crippen molar-refractivity contribution in [2.45, 2.75) is 165 Å². The predicted molar refractivity (Wildman–Crippen MR) is 213 cm³/mol. The van der Waals surface area contributed by atoms with Crippen LogP contribution in [-0.2, 0) is 21.9 Å². The molecule has 2 saturated carbocycles. The maximum atomic E-state index is 14.0. The Labute approximate surface area is 354 Å². The van der Waals surface area contributed by atoms with Crippen molar-refractivity contribution in [1.29, 1.82) is 0 Å². The van der Waals surface area contributed by atoms with Gasteiger partial charge in [0.05, 0.1) is 37.0 Å². The van der Waals surface area contributed by atoms with E-state index in [4.69, 9.17) is 21.2 Å². The zero-order chi connectivity index (χ0) is 45.9.